The van der Waals surface area contributed by atoms with E-state index in [1.807, 2.05) is 0 Å². The number of hydrogen-bond donors (Lipinski definition) is 2. The highest BCUT2D eigenvalue weighted by Crippen LogP contribution is 2.23. The molecule has 0 aliphatic heterocycles. The molecule has 0 unspecified atom stereocenters. The van der Waals surface area contributed by atoms with Gasteiger partial charge in [-0.15, -0.1) is 12.4 Å². The summed E-state index contributed by atoms with van der Waals surface area (Å²) < 4.78 is 13.4. The topological polar surface area (TPSA) is 46.2 Å². The molecule has 4 heteroatoms. The van der Waals surface area contributed by atoms with Gasteiger partial charge in [0.1, 0.15) is 11.6 Å². The minimum absolute atomic E-state index is 0. The third-order valence-corrected chi connectivity index (χ3v) is 2.44. The van der Waals surface area contributed by atoms with Crippen LogP contribution in [0.3, 0.4) is 0 Å². The predicted octanol–water partition coefficient (Wildman–Crippen LogP) is 3.39. The normalized spacial score (nSPS) is 12.3. The summed E-state index contributed by atoms with van der Waals surface area (Å²) in [6, 6.07) is 3.83. The van der Waals surface area contributed by atoms with E-state index in [1.54, 1.807) is 6.07 Å². The summed E-state index contributed by atoms with van der Waals surface area (Å²) in [6.07, 6.45) is 1.74. The largest absolute Gasteiger partial charge is 0.508 e. The number of phenols is 1. The second-order valence-corrected chi connectivity index (χ2v) is 4.28. The molecule has 0 heterocycles. The predicted molar refractivity (Wildman–Crippen MR) is 66.3 cm³/mol. The van der Waals surface area contributed by atoms with Crippen LogP contribution in [0, 0.1) is 11.7 Å². The lowest BCUT2D eigenvalue weighted by Gasteiger charge is -2.14. The SMILES string of the molecule is CC(C)CC[C@@H](N)c1ccc(O)cc1F.Cl. The molecule has 0 aliphatic rings. The van der Waals surface area contributed by atoms with E-state index in [1.165, 1.54) is 6.07 Å². The standard InChI is InChI=1S/C12H18FNO.ClH/c1-8(2)3-6-12(14)10-5-4-9(15)7-11(10)13;/h4-5,7-8,12,15H,3,6,14H2,1-2H3;1H/t12-;/m1./s1. The average molecular weight is 248 g/mol. The summed E-state index contributed by atoms with van der Waals surface area (Å²) in [5.41, 5.74) is 6.35. The summed E-state index contributed by atoms with van der Waals surface area (Å²) >= 11 is 0. The zero-order valence-corrected chi connectivity index (χ0v) is 10.4. The Morgan fingerprint density at radius 1 is 1.31 bits per heavy atom. The minimum Gasteiger partial charge on any atom is -0.508 e. The van der Waals surface area contributed by atoms with E-state index in [4.69, 9.17) is 10.8 Å². The van der Waals surface area contributed by atoms with E-state index in [0.29, 0.717) is 11.5 Å². The van der Waals surface area contributed by atoms with E-state index in [-0.39, 0.29) is 24.2 Å². The molecule has 1 aromatic rings. The lowest BCUT2D eigenvalue weighted by Crippen LogP contribution is -2.12. The van der Waals surface area contributed by atoms with Crippen molar-refractivity contribution in [2.75, 3.05) is 0 Å². The fraction of sp³-hybridized carbons (Fsp3) is 0.500. The average Bonchev–Trinajstić information content (AvgIpc) is 2.14. The molecular weight excluding hydrogens is 229 g/mol. The number of rotatable bonds is 4. The van der Waals surface area contributed by atoms with Gasteiger partial charge in [0.05, 0.1) is 0 Å². The van der Waals surface area contributed by atoms with E-state index >= 15 is 0 Å². The number of nitrogens with two attached hydrogens (primary N) is 1. The fourth-order valence-corrected chi connectivity index (χ4v) is 1.49. The van der Waals surface area contributed by atoms with Crippen molar-refractivity contribution in [2.24, 2.45) is 11.7 Å². The highest BCUT2D eigenvalue weighted by Gasteiger charge is 2.12. The highest BCUT2D eigenvalue weighted by atomic mass is 35.5. The van der Waals surface area contributed by atoms with Gasteiger partial charge in [-0.3, -0.25) is 0 Å². The fourth-order valence-electron chi connectivity index (χ4n) is 1.49. The van der Waals surface area contributed by atoms with E-state index in [2.05, 4.69) is 13.8 Å². The second-order valence-electron chi connectivity index (χ2n) is 4.28. The van der Waals surface area contributed by atoms with Crippen molar-refractivity contribution in [2.45, 2.75) is 32.7 Å². The Morgan fingerprint density at radius 2 is 1.94 bits per heavy atom. The molecule has 0 saturated heterocycles. The smallest absolute Gasteiger partial charge is 0.131 e. The summed E-state index contributed by atoms with van der Waals surface area (Å²) in [6.45, 7) is 4.22. The van der Waals surface area contributed by atoms with Gasteiger partial charge in [-0.25, -0.2) is 4.39 Å². The molecule has 1 rings (SSSR count). The van der Waals surface area contributed by atoms with Crippen LogP contribution in [-0.4, -0.2) is 5.11 Å². The maximum Gasteiger partial charge on any atom is 0.131 e. The zero-order chi connectivity index (χ0) is 11.4. The molecule has 0 bridgehead atoms. The maximum absolute atomic E-state index is 13.4. The Morgan fingerprint density at radius 3 is 2.44 bits per heavy atom. The van der Waals surface area contributed by atoms with E-state index < -0.39 is 5.82 Å². The van der Waals surface area contributed by atoms with Crippen LogP contribution in [0.2, 0.25) is 0 Å². The van der Waals surface area contributed by atoms with Crippen LogP contribution < -0.4 is 5.73 Å². The first kappa shape index (κ1) is 15.2. The summed E-state index contributed by atoms with van der Waals surface area (Å²) in [5.74, 6) is 0.0785. The summed E-state index contributed by atoms with van der Waals surface area (Å²) in [4.78, 5) is 0. The van der Waals surface area contributed by atoms with Crippen molar-refractivity contribution < 1.29 is 9.50 Å². The van der Waals surface area contributed by atoms with Gasteiger partial charge in [-0.1, -0.05) is 19.9 Å². The number of aromatic hydroxyl groups is 1. The first-order chi connectivity index (χ1) is 7.00. The Kier molecular flexibility index (Phi) is 6.38. The molecule has 0 saturated carbocycles. The van der Waals surface area contributed by atoms with Gasteiger partial charge in [-0.2, -0.15) is 0 Å². The van der Waals surface area contributed by atoms with E-state index in [9.17, 15) is 4.39 Å². The van der Waals surface area contributed by atoms with Crippen molar-refractivity contribution >= 4 is 12.4 Å². The second kappa shape index (κ2) is 6.71. The lowest BCUT2D eigenvalue weighted by molar-refractivity contribution is 0.461. The third-order valence-electron chi connectivity index (χ3n) is 2.44. The van der Waals surface area contributed by atoms with Crippen LogP contribution in [0.25, 0.3) is 0 Å². The molecule has 0 aliphatic carbocycles. The van der Waals surface area contributed by atoms with Gasteiger partial charge in [0.25, 0.3) is 0 Å². The van der Waals surface area contributed by atoms with Gasteiger partial charge in [0.15, 0.2) is 0 Å². The summed E-state index contributed by atoms with van der Waals surface area (Å²) in [5, 5.41) is 9.06. The molecule has 0 fully saturated rings. The van der Waals surface area contributed by atoms with Crippen LogP contribution in [0.5, 0.6) is 5.75 Å². The molecule has 0 aromatic heterocycles. The van der Waals surface area contributed by atoms with Crippen molar-refractivity contribution in [1.82, 2.24) is 0 Å². The first-order valence-electron chi connectivity index (χ1n) is 5.24. The van der Waals surface area contributed by atoms with Crippen molar-refractivity contribution in [1.29, 1.82) is 0 Å². The van der Waals surface area contributed by atoms with Gasteiger partial charge < -0.3 is 10.8 Å². The Balaban J connectivity index is 0.00000225. The van der Waals surface area contributed by atoms with Crippen molar-refractivity contribution in [3.8, 4) is 5.75 Å². The first-order valence-corrected chi connectivity index (χ1v) is 5.24. The molecule has 2 nitrogen and oxygen atoms in total. The number of phenolic OH excluding ortho intramolecular Hbond substituents is 1. The molecule has 3 N–H and O–H groups in total. The molecule has 92 valence electrons. The van der Waals surface area contributed by atoms with Crippen molar-refractivity contribution in [3.05, 3.63) is 29.6 Å². The minimum atomic E-state index is -0.425. The van der Waals surface area contributed by atoms with Gasteiger partial charge in [-0.05, 0) is 24.8 Å². The molecule has 0 amide bonds. The maximum atomic E-state index is 13.4. The Labute approximate surface area is 102 Å². The number of halogens is 2. The molecule has 0 spiro atoms. The van der Waals surface area contributed by atoms with Crippen LogP contribution in [-0.2, 0) is 0 Å². The van der Waals surface area contributed by atoms with Gasteiger partial charge in [0, 0.05) is 17.7 Å². The highest BCUT2D eigenvalue weighted by molar-refractivity contribution is 5.85. The molecule has 0 radical (unpaired) electrons. The zero-order valence-electron chi connectivity index (χ0n) is 9.61. The van der Waals surface area contributed by atoms with Crippen LogP contribution in [0.1, 0.15) is 38.3 Å². The van der Waals surface area contributed by atoms with Crippen LogP contribution in [0.15, 0.2) is 18.2 Å². The van der Waals surface area contributed by atoms with Gasteiger partial charge in [0.2, 0.25) is 0 Å². The van der Waals surface area contributed by atoms with Crippen LogP contribution in [0.4, 0.5) is 4.39 Å². The quantitative estimate of drug-likeness (QED) is 0.857. The number of hydrogen-bond acceptors (Lipinski definition) is 2. The molecule has 1 aromatic carbocycles. The number of benzene rings is 1. The summed E-state index contributed by atoms with van der Waals surface area (Å²) in [7, 11) is 0. The monoisotopic (exact) mass is 247 g/mol. The Bertz CT molecular complexity index is 331. The third kappa shape index (κ3) is 4.37. The lowest BCUT2D eigenvalue weighted by atomic mass is 9.98. The molecule has 16 heavy (non-hydrogen) atoms. The van der Waals surface area contributed by atoms with Gasteiger partial charge >= 0.3 is 0 Å². The molecule has 1 atom stereocenters. The Hall–Kier alpha value is -0.800. The molecular formula is C12H19ClFNO. The van der Waals surface area contributed by atoms with Crippen molar-refractivity contribution in [3.63, 3.8) is 0 Å². The van der Waals surface area contributed by atoms with Crippen LogP contribution >= 0.6 is 12.4 Å². The van der Waals surface area contributed by atoms with E-state index in [0.717, 1.165) is 18.9 Å².